The summed E-state index contributed by atoms with van der Waals surface area (Å²) in [4.78, 5) is 16.1. The summed E-state index contributed by atoms with van der Waals surface area (Å²) in [6, 6.07) is 88.4. The van der Waals surface area contributed by atoms with Gasteiger partial charge in [0.2, 0.25) is 0 Å². The summed E-state index contributed by atoms with van der Waals surface area (Å²) in [7, 11) is 0. The van der Waals surface area contributed by atoms with Crippen LogP contribution in [0.2, 0.25) is 0 Å². The number of thiophene rings is 1. The monoisotopic (exact) mass is 944 g/mol. The molecule has 16 rings (SSSR count). The lowest BCUT2D eigenvalue weighted by molar-refractivity contribution is 0.794. The molecular weight excluding hydrogens is 905 g/mol. The lowest BCUT2D eigenvalue weighted by Gasteiger charge is -2.30. The van der Waals surface area contributed by atoms with Crippen LogP contribution in [0.1, 0.15) is 22.3 Å². The molecule has 0 unspecified atom stereocenters. The van der Waals surface area contributed by atoms with Crippen molar-refractivity contribution in [3.63, 3.8) is 0 Å². The van der Waals surface area contributed by atoms with Crippen LogP contribution in [-0.2, 0) is 5.41 Å². The molecule has 1 spiro atoms. The summed E-state index contributed by atoms with van der Waals surface area (Å²) in [5.74, 6) is 1.94. The van der Waals surface area contributed by atoms with E-state index in [2.05, 4.69) is 241 Å². The zero-order chi connectivity index (χ0) is 47.8. The van der Waals surface area contributed by atoms with E-state index in [1.165, 1.54) is 104 Å². The van der Waals surface area contributed by atoms with Crippen molar-refractivity contribution in [2.45, 2.75) is 5.41 Å². The van der Waals surface area contributed by atoms with Crippen LogP contribution in [0.5, 0.6) is 0 Å². The highest BCUT2D eigenvalue weighted by atomic mass is 32.1. The first-order valence-electron chi connectivity index (χ1n) is 24.9. The summed E-state index contributed by atoms with van der Waals surface area (Å²) in [5, 5.41) is 7.34. The lowest BCUT2D eigenvalue weighted by atomic mass is 9.70. The van der Waals surface area contributed by atoms with Crippen LogP contribution in [-0.4, -0.2) is 19.5 Å². The Morgan fingerprint density at radius 1 is 0.315 bits per heavy atom. The molecule has 5 heteroatoms. The maximum absolute atomic E-state index is 5.46. The summed E-state index contributed by atoms with van der Waals surface area (Å²) in [6.07, 6.45) is 0. The number of hydrogen-bond donors (Lipinski definition) is 0. The number of benzene rings is 11. The van der Waals surface area contributed by atoms with Crippen LogP contribution < -0.4 is 0 Å². The van der Waals surface area contributed by atoms with E-state index in [0.29, 0.717) is 17.5 Å². The third kappa shape index (κ3) is 5.68. The number of para-hydroxylation sites is 1. The molecule has 0 saturated carbocycles. The molecule has 0 N–H and O–H groups in total. The standard InChI is InChI=1S/C68H40N4S/c1-3-18-41(19-4-1)55-40-56-50-26-12-16-33-61(50)72(63(56)52-27-8-7-22-45(52)55)44-35-37-51-53-28-17-29-54(64(53)73-62(51)39-44)67-70-65(42-20-5-2-6-21-42)69-66(71-67)43-34-36-49-48-25-11-15-32-59(48)68(60(49)38-43)57-30-13-9-23-46(57)47-24-10-14-31-58(47)68/h1-40H. The highest BCUT2D eigenvalue weighted by Crippen LogP contribution is 2.63. The van der Waals surface area contributed by atoms with Gasteiger partial charge in [-0.3, -0.25) is 0 Å². The molecule has 0 bridgehead atoms. The molecule has 338 valence electrons. The normalized spacial score (nSPS) is 13.0. The fourth-order valence-electron chi connectivity index (χ4n) is 12.6. The highest BCUT2D eigenvalue weighted by molar-refractivity contribution is 7.26. The minimum absolute atomic E-state index is 0.480. The Morgan fingerprint density at radius 2 is 0.863 bits per heavy atom. The van der Waals surface area contributed by atoms with E-state index in [4.69, 9.17) is 15.0 Å². The van der Waals surface area contributed by atoms with E-state index >= 15 is 0 Å². The van der Waals surface area contributed by atoms with Gasteiger partial charge in [-0.15, -0.1) is 11.3 Å². The van der Waals surface area contributed by atoms with Crippen molar-refractivity contribution in [2.75, 3.05) is 0 Å². The van der Waals surface area contributed by atoms with Crippen LogP contribution in [0.15, 0.2) is 243 Å². The van der Waals surface area contributed by atoms with Gasteiger partial charge in [0.05, 0.1) is 16.4 Å². The van der Waals surface area contributed by atoms with Crippen molar-refractivity contribution in [1.82, 2.24) is 19.5 Å². The molecule has 0 aliphatic heterocycles. The molecule has 0 amide bonds. The molecule has 0 radical (unpaired) electrons. The molecule has 11 aromatic carbocycles. The SMILES string of the molecule is c1ccc(-c2nc(-c3ccc4c(c3)C3(c5ccccc5-c5ccccc53)c3ccccc3-4)nc(-c3cccc4c3sc3cc(-n5c6ccccc6c6cc(-c7ccccc7)c7ccccc7c65)ccc34)n2)cc1. The Balaban J connectivity index is 0.885. The maximum Gasteiger partial charge on any atom is 0.165 e. The topological polar surface area (TPSA) is 43.6 Å². The van der Waals surface area contributed by atoms with Crippen LogP contribution in [0.4, 0.5) is 0 Å². The second kappa shape index (κ2) is 15.4. The number of hydrogen-bond acceptors (Lipinski definition) is 4. The molecule has 2 aliphatic rings. The lowest BCUT2D eigenvalue weighted by Crippen LogP contribution is -2.25. The van der Waals surface area contributed by atoms with Crippen molar-refractivity contribution >= 4 is 64.1 Å². The van der Waals surface area contributed by atoms with Crippen LogP contribution >= 0.6 is 11.3 Å². The summed E-state index contributed by atoms with van der Waals surface area (Å²) in [6.45, 7) is 0. The van der Waals surface area contributed by atoms with Crippen molar-refractivity contribution in [2.24, 2.45) is 0 Å². The first-order valence-corrected chi connectivity index (χ1v) is 25.7. The van der Waals surface area contributed by atoms with Crippen molar-refractivity contribution in [3.8, 4) is 73.2 Å². The van der Waals surface area contributed by atoms with Gasteiger partial charge >= 0.3 is 0 Å². The van der Waals surface area contributed by atoms with Gasteiger partial charge in [-0.25, -0.2) is 15.0 Å². The smallest absolute Gasteiger partial charge is 0.165 e. The van der Waals surface area contributed by atoms with Crippen molar-refractivity contribution in [1.29, 1.82) is 0 Å². The summed E-state index contributed by atoms with van der Waals surface area (Å²) >= 11 is 1.81. The first kappa shape index (κ1) is 40.4. The molecule has 4 nitrogen and oxygen atoms in total. The minimum Gasteiger partial charge on any atom is -0.309 e. The van der Waals surface area contributed by atoms with Crippen LogP contribution in [0, 0.1) is 0 Å². The van der Waals surface area contributed by atoms with E-state index in [1.807, 2.05) is 17.4 Å². The second-order valence-electron chi connectivity index (χ2n) is 19.4. The predicted octanol–water partition coefficient (Wildman–Crippen LogP) is 17.5. The van der Waals surface area contributed by atoms with Gasteiger partial charge in [0, 0.05) is 58.7 Å². The van der Waals surface area contributed by atoms with Gasteiger partial charge in [0.25, 0.3) is 0 Å². The Morgan fingerprint density at radius 3 is 1.58 bits per heavy atom. The van der Waals surface area contributed by atoms with E-state index in [9.17, 15) is 0 Å². The molecule has 3 aromatic heterocycles. The number of rotatable bonds is 5. The number of fused-ring (bicyclic) bond motifs is 18. The predicted molar refractivity (Wildman–Crippen MR) is 303 cm³/mol. The van der Waals surface area contributed by atoms with Gasteiger partial charge in [-0.05, 0) is 97.4 Å². The van der Waals surface area contributed by atoms with Gasteiger partial charge in [-0.1, -0.05) is 206 Å². The average Bonchev–Trinajstić information content (AvgIpc) is 4.26. The zero-order valence-electron chi connectivity index (χ0n) is 39.3. The maximum atomic E-state index is 5.46. The fourth-order valence-corrected chi connectivity index (χ4v) is 13.9. The van der Waals surface area contributed by atoms with E-state index in [0.717, 1.165) is 27.1 Å². The molecule has 2 aliphatic carbocycles. The molecule has 0 saturated heterocycles. The largest absolute Gasteiger partial charge is 0.309 e. The first-order chi connectivity index (χ1) is 36.2. The third-order valence-corrected chi connectivity index (χ3v) is 16.9. The minimum atomic E-state index is -0.480. The third-order valence-electron chi connectivity index (χ3n) is 15.7. The van der Waals surface area contributed by atoms with E-state index in [-0.39, 0.29) is 0 Å². The Bertz CT molecular complexity index is 4560. The highest BCUT2D eigenvalue weighted by Gasteiger charge is 2.51. The zero-order valence-corrected chi connectivity index (χ0v) is 40.1. The number of nitrogens with zero attached hydrogens (tertiary/aromatic N) is 4. The van der Waals surface area contributed by atoms with Gasteiger partial charge in [0.1, 0.15) is 0 Å². The molecule has 3 heterocycles. The van der Waals surface area contributed by atoms with E-state index in [1.54, 1.807) is 0 Å². The molecule has 0 atom stereocenters. The second-order valence-corrected chi connectivity index (χ2v) is 20.4. The van der Waals surface area contributed by atoms with Gasteiger partial charge in [-0.2, -0.15) is 0 Å². The van der Waals surface area contributed by atoms with Crippen LogP contribution in [0.3, 0.4) is 0 Å². The summed E-state index contributed by atoms with van der Waals surface area (Å²) in [5.41, 5.74) is 18.6. The quantitative estimate of drug-likeness (QED) is 0.173. The Hall–Kier alpha value is -9.29. The van der Waals surface area contributed by atoms with Crippen molar-refractivity contribution in [3.05, 3.63) is 265 Å². The number of aromatic nitrogens is 4. The molecular formula is C68H40N4S. The van der Waals surface area contributed by atoms with E-state index < -0.39 is 5.41 Å². The Kier molecular flexibility index (Phi) is 8.51. The molecule has 73 heavy (non-hydrogen) atoms. The van der Waals surface area contributed by atoms with Gasteiger partial charge < -0.3 is 4.57 Å². The molecule has 14 aromatic rings. The van der Waals surface area contributed by atoms with Crippen LogP contribution in [0.25, 0.3) is 126 Å². The summed E-state index contributed by atoms with van der Waals surface area (Å²) < 4.78 is 4.82. The Labute approximate surface area is 424 Å². The van der Waals surface area contributed by atoms with Gasteiger partial charge in [0.15, 0.2) is 17.5 Å². The molecule has 0 fully saturated rings. The van der Waals surface area contributed by atoms with Crippen molar-refractivity contribution < 1.29 is 0 Å². The average molecular weight is 945 g/mol. The fraction of sp³-hybridized carbons (Fsp3) is 0.0147.